The number of aromatic amines is 1. The van der Waals surface area contributed by atoms with Crippen LogP contribution in [0.15, 0.2) is 29.3 Å². The highest BCUT2D eigenvalue weighted by atomic mass is 16.5. The maximum absolute atomic E-state index is 5.19. The zero-order chi connectivity index (χ0) is 21.6. The molecule has 1 unspecified atom stereocenters. The van der Waals surface area contributed by atoms with E-state index in [-0.39, 0.29) is 6.04 Å². The van der Waals surface area contributed by atoms with Crippen molar-refractivity contribution in [2.24, 2.45) is 4.99 Å². The number of hydrogen-bond acceptors (Lipinski definition) is 7. The van der Waals surface area contributed by atoms with Crippen molar-refractivity contribution in [1.29, 1.82) is 0 Å². The third-order valence-electron chi connectivity index (χ3n) is 5.04. The lowest BCUT2D eigenvalue weighted by molar-refractivity contribution is 0.177. The minimum atomic E-state index is 0.209. The number of aliphatic imine (C=N–C) groups is 1. The van der Waals surface area contributed by atoms with E-state index in [9.17, 15) is 0 Å². The Morgan fingerprint density at radius 2 is 2.10 bits per heavy atom. The Labute approximate surface area is 180 Å². The van der Waals surface area contributed by atoms with E-state index in [0.29, 0.717) is 24.9 Å². The standard InChI is InChI=1S/C20H27N9O2/c1-21-20(23-14-6-9-18-24-17(12-30-2)28-29(18)11-14)22-10-16-25-19(27-26-16)13-4-7-15(31-3)8-5-13/h4-5,7-8,14H,6,9-12H2,1-3H3,(H2,21,22,23)(H,25,26,27). The molecule has 0 saturated heterocycles. The van der Waals surface area contributed by atoms with Gasteiger partial charge in [0.15, 0.2) is 17.6 Å². The van der Waals surface area contributed by atoms with Gasteiger partial charge >= 0.3 is 0 Å². The summed E-state index contributed by atoms with van der Waals surface area (Å²) in [5, 5.41) is 18.5. The number of benzene rings is 1. The van der Waals surface area contributed by atoms with Crippen molar-refractivity contribution >= 4 is 5.96 Å². The van der Waals surface area contributed by atoms with Crippen LogP contribution in [-0.2, 0) is 30.9 Å². The highest BCUT2D eigenvalue weighted by molar-refractivity contribution is 5.79. The molecule has 1 aliphatic rings. The fourth-order valence-corrected chi connectivity index (χ4v) is 3.47. The van der Waals surface area contributed by atoms with Gasteiger partial charge in [-0.1, -0.05) is 0 Å². The Kier molecular flexibility index (Phi) is 6.41. The molecule has 4 rings (SSSR count). The van der Waals surface area contributed by atoms with E-state index in [2.05, 4.69) is 40.9 Å². The van der Waals surface area contributed by atoms with Gasteiger partial charge < -0.3 is 20.1 Å². The van der Waals surface area contributed by atoms with Crippen LogP contribution < -0.4 is 15.4 Å². The van der Waals surface area contributed by atoms with E-state index < -0.39 is 0 Å². The number of guanidine groups is 1. The second-order valence-corrected chi connectivity index (χ2v) is 7.20. The number of ether oxygens (including phenoxy) is 2. The van der Waals surface area contributed by atoms with Crippen LogP contribution in [0.4, 0.5) is 0 Å². The second-order valence-electron chi connectivity index (χ2n) is 7.20. The van der Waals surface area contributed by atoms with Crippen LogP contribution in [0.1, 0.15) is 23.9 Å². The molecule has 0 aliphatic carbocycles. The summed E-state index contributed by atoms with van der Waals surface area (Å²) < 4.78 is 12.3. The summed E-state index contributed by atoms with van der Waals surface area (Å²) in [6.07, 6.45) is 1.81. The molecule has 0 amide bonds. The minimum Gasteiger partial charge on any atom is -0.497 e. The second kappa shape index (κ2) is 9.56. The van der Waals surface area contributed by atoms with E-state index in [4.69, 9.17) is 9.47 Å². The van der Waals surface area contributed by atoms with Crippen molar-refractivity contribution in [2.75, 3.05) is 21.3 Å². The average molecular weight is 425 g/mol. The molecule has 0 bridgehead atoms. The maximum atomic E-state index is 5.19. The molecule has 1 aromatic carbocycles. The Bertz CT molecular complexity index is 1030. The number of H-pyrrole nitrogens is 1. The smallest absolute Gasteiger partial charge is 0.191 e. The molecule has 3 aromatic rings. The van der Waals surface area contributed by atoms with Gasteiger partial charge in [-0.25, -0.2) is 14.6 Å². The Balaban J connectivity index is 1.31. The van der Waals surface area contributed by atoms with Crippen LogP contribution in [0.25, 0.3) is 11.4 Å². The normalized spacial score (nSPS) is 16.1. The lowest BCUT2D eigenvalue weighted by Crippen LogP contribution is -2.46. The van der Waals surface area contributed by atoms with E-state index >= 15 is 0 Å². The summed E-state index contributed by atoms with van der Waals surface area (Å²) in [6.45, 7) is 1.63. The topological polar surface area (TPSA) is 127 Å². The average Bonchev–Trinajstić information content (AvgIpc) is 3.43. The summed E-state index contributed by atoms with van der Waals surface area (Å²) in [7, 11) is 5.04. The summed E-state index contributed by atoms with van der Waals surface area (Å²) in [5.74, 6) is 4.58. The van der Waals surface area contributed by atoms with Crippen molar-refractivity contribution in [3.8, 4) is 17.1 Å². The molecule has 11 heteroatoms. The molecule has 1 atom stereocenters. The van der Waals surface area contributed by atoms with Gasteiger partial charge in [-0.3, -0.25) is 10.1 Å². The van der Waals surface area contributed by atoms with Gasteiger partial charge in [0.05, 0.1) is 20.2 Å². The summed E-state index contributed by atoms with van der Waals surface area (Å²) >= 11 is 0. The first-order valence-corrected chi connectivity index (χ1v) is 10.1. The van der Waals surface area contributed by atoms with Gasteiger partial charge in [-0.15, -0.1) is 0 Å². The third-order valence-corrected chi connectivity index (χ3v) is 5.04. The van der Waals surface area contributed by atoms with Crippen molar-refractivity contribution in [1.82, 2.24) is 40.6 Å². The predicted octanol–water partition coefficient (Wildman–Crippen LogP) is 0.898. The van der Waals surface area contributed by atoms with E-state index in [1.807, 2.05) is 28.9 Å². The first-order chi connectivity index (χ1) is 15.2. The number of aryl methyl sites for hydroxylation is 1. The van der Waals surface area contributed by atoms with E-state index in [1.54, 1.807) is 21.3 Å². The lowest BCUT2D eigenvalue weighted by atomic mass is 10.1. The molecule has 3 heterocycles. The minimum absolute atomic E-state index is 0.209. The quantitative estimate of drug-likeness (QED) is 0.376. The number of rotatable bonds is 7. The lowest BCUT2D eigenvalue weighted by Gasteiger charge is -2.25. The van der Waals surface area contributed by atoms with Crippen LogP contribution >= 0.6 is 0 Å². The van der Waals surface area contributed by atoms with Crippen LogP contribution in [-0.4, -0.2) is 63.2 Å². The first kappa shape index (κ1) is 20.8. The van der Waals surface area contributed by atoms with Crippen molar-refractivity contribution in [3.05, 3.63) is 41.7 Å². The number of hydrogen-bond donors (Lipinski definition) is 3. The van der Waals surface area contributed by atoms with Gasteiger partial charge in [0.2, 0.25) is 0 Å². The van der Waals surface area contributed by atoms with E-state index in [1.165, 1.54) is 0 Å². The molecule has 0 fully saturated rings. The SMILES string of the molecule is CN=C(NCc1nc(-c2ccc(OC)cc2)n[nH]1)NC1CCc2nc(COC)nn2C1. The molecule has 1 aliphatic heterocycles. The number of methoxy groups -OCH3 is 2. The Hall–Kier alpha value is -3.47. The fraction of sp³-hybridized carbons (Fsp3) is 0.450. The van der Waals surface area contributed by atoms with Crippen molar-refractivity contribution in [2.45, 2.75) is 38.6 Å². The molecule has 164 valence electrons. The molecule has 0 radical (unpaired) electrons. The first-order valence-electron chi connectivity index (χ1n) is 10.1. The molecule has 11 nitrogen and oxygen atoms in total. The summed E-state index contributed by atoms with van der Waals surface area (Å²) in [6, 6.07) is 7.84. The third kappa shape index (κ3) is 5.00. The van der Waals surface area contributed by atoms with Gasteiger partial charge in [-0.2, -0.15) is 10.2 Å². The highest BCUT2D eigenvalue weighted by Gasteiger charge is 2.22. The van der Waals surface area contributed by atoms with E-state index in [0.717, 1.165) is 48.2 Å². The highest BCUT2D eigenvalue weighted by Crippen LogP contribution is 2.19. The van der Waals surface area contributed by atoms with Gasteiger partial charge in [0.25, 0.3) is 0 Å². The van der Waals surface area contributed by atoms with Crippen molar-refractivity contribution < 1.29 is 9.47 Å². The molecular weight excluding hydrogens is 398 g/mol. The molecule has 0 saturated carbocycles. The zero-order valence-electron chi connectivity index (χ0n) is 17.9. The molecule has 31 heavy (non-hydrogen) atoms. The Morgan fingerprint density at radius 3 is 2.84 bits per heavy atom. The maximum Gasteiger partial charge on any atom is 0.191 e. The molecule has 2 aromatic heterocycles. The number of nitrogens with zero attached hydrogens (tertiary/aromatic N) is 6. The molecule has 0 spiro atoms. The fourth-order valence-electron chi connectivity index (χ4n) is 3.47. The summed E-state index contributed by atoms with van der Waals surface area (Å²) in [5.41, 5.74) is 0.921. The largest absolute Gasteiger partial charge is 0.497 e. The van der Waals surface area contributed by atoms with Gasteiger partial charge in [-0.05, 0) is 30.7 Å². The monoisotopic (exact) mass is 425 g/mol. The van der Waals surface area contributed by atoms with Crippen LogP contribution in [0.5, 0.6) is 5.75 Å². The number of nitrogens with one attached hydrogen (secondary N) is 3. The number of fused-ring (bicyclic) bond motifs is 1. The van der Waals surface area contributed by atoms with Gasteiger partial charge in [0.1, 0.15) is 24.0 Å². The Morgan fingerprint density at radius 1 is 1.26 bits per heavy atom. The van der Waals surface area contributed by atoms with Crippen molar-refractivity contribution in [3.63, 3.8) is 0 Å². The predicted molar refractivity (Wildman–Crippen MR) is 115 cm³/mol. The number of aromatic nitrogens is 6. The van der Waals surface area contributed by atoms with Gasteiger partial charge in [0, 0.05) is 32.2 Å². The summed E-state index contributed by atoms with van der Waals surface area (Å²) in [4.78, 5) is 13.4. The molecular formula is C20H27N9O2. The van der Waals surface area contributed by atoms with Crippen LogP contribution in [0.2, 0.25) is 0 Å². The molecule has 3 N–H and O–H groups in total. The van der Waals surface area contributed by atoms with Crippen LogP contribution in [0.3, 0.4) is 0 Å². The zero-order valence-corrected chi connectivity index (χ0v) is 17.9. The van der Waals surface area contributed by atoms with Crippen LogP contribution in [0, 0.1) is 0 Å².